The van der Waals surface area contributed by atoms with Gasteiger partial charge in [0.15, 0.2) is 0 Å². The topological polar surface area (TPSA) is 43.9 Å². The van der Waals surface area contributed by atoms with Gasteiger partial charge in [0.05, 0.1) is 12.1 Å². The van der Waals surface area contributed by atoms with Crippen LogP contribution in [0.5, 0.6) is 0 Å². The number of carbonyl (C=O) groups is 2. The number of likely N-dealkylation sites (tertiary alicyclic amines) is 1. The normalized spacial score (nSPS) is 25.6. The molecule has 0 saturated carbocycles. The van der Waals surface area contributed by atoms with E-state index >= 15 is 0 Å². The number of amides is 2. The summed E-state index contributed by atoms with van der Waals surface area (Å²) in [6.07, 6.45) is 1.04. The lowest BCUT2D eigenvalue weighted by molar-refractivity contribution is -0.143. The molecule has 2 saturated heterocycles. The number of halogens is 1. The summed E-state index contributed by atoms with van der Waals surface area (Å²) in [5.74, 6) is -0.0612. The Balaban J connectivity index is 1.58. The van der Waals surface area contributed by atoms with E-state index in [1.165, 1.54) is 4.90 Å². The van der Waals surface area contributed by atoms with Crippen LogP contribution in [0.2, 0.25) is 5.02 Å². The molecule has 0 N–H and O–H groups in total. The van der Waals surface area contributed by atoms with Crippen molar-refractivity contribution in [1.29, 1.82) is 0 Å². The van der Waals surface area contributed by atoms with Gasteiger partial charge in [0, 0.05) is 43.3 Å². The molecule has 1 unspecified atom stereocenters. The largest absolute Gasteiger partial charge is 0.369 e. The van der Waals surface area contributed by atoms with Gasteiger partial charge in [-0.1, -0.05) is 31.5 Å². The molecule has 2 aliphatic rings. The van der Waals surface area contributed by atoms with Gasteiger partial charge >= 0.3 is 0 Å². The van der Waals surface area contributed by atoms with Crippen molar-refractivity contribution in [1.82, 2.24) is 9.80 Å². The molecule has 0 radical (unpaired) electrons. The van der Waals surface area contributed by atoms with Gasteiger partial charge in [0.25, 0.3) is 0 Å². The van der Waals surface area contributed by atoms with Crippen LogP contribution in [-0.4, -0.2) is 54.5 Å². The minimum Gasteiger partial charge on any atom is -0.369 e. The third-order valence-electron chi connectivity index (χ3n) is 5.27. The molecule has 130 valence electrons. The summed E-state index contributed by atoms with van der Waals surface area (Å²) >= 11 is 6.06. The van der Waals surface area contributed by atoms with Crippen molar-refractivity contribution in [2.45, 2.75) is 26.7 Å². The van der Waals surface area contributed by atoms with Crippen LogP contribution in [0.1, 0.15) is 26.7 Å². The Morgan fingerprint density at radius 3 is 2.46 bits per heavy atom. The van der Waals surface area contributed by atoms with E-state index in [0.717, 1.165) is 36.9 Å². The predicted molar refractivity (Wildman–Crippen MR) is 95.0 cm³/mol. The van der Waals surface area contributed by atoms with Gasteiger partial charge in [-0.3, -0.25) is 19.4 Å². The summed E-state index contributed by atoms with van der Waals surface area (Å²) in [6.45, 7) is 7.65. The first-order chi connectivity index (χ1) is 11.4. The summed E-state index contributed by atoms with van der Waals surface area (Å²) in [5.41, 5.74) is 0.605. The number of piperazine rings is 1. The Kier molecular flexibility index (Phi) is 4.83. The van der Waals surface area contributed by atoms with Gasteiger partial charge in [0.2, 0.25) is 11.8 Å². The Morgan fingerprint density at radius 1 is 1.17 bits per heavy atom. The maximum atomic E-state index is 12.5. The summed E-state index contributed by atoms with van der Waals surface area (Å²) in [7, 11) is 0. The van der Waals surface area contributed by atoms with Gasteiger partial charge in [-0.2, -0.15) is 0 Å². The fraction of sp³-hybridized carbons (Fsp3) is 0.556. The molecule has 6 heteroatoms. The number of benzene rings is 1. The maximum absolute atomic E-state index is 12.5. The van der Waals surface area contributed by atoms with Crippen molar-refractivity contribution < 1.29 is 9.59 Å². The van der Waals surface area contributed by atoms with Gasteiger partial charge in [-0.05, 0) is 24.6 Å². The van der Waals surface area contributed by atoms with E-state index in [-0.39, 0.29) is 11.8 Å². The van der Waals surface area contributed by atoms with Crippen LogP contribution in [0.25, 0.3) is 0 Å². The lowest BCUT2D eigenvalue weighted by Crippen LogP contribution is -2.51. The third-order valence-corrected chi connectivity index (χ3v) is 5.51. The lowest BCUT2D eigenvalue weighted by Gasteiger charge is -2.37. The molecular weight excluding hydrogens is 326 g/mol. The van der Waals surface area contributed by atoms with Crippen LogP contribution in [0.3, 0.4) is 0 Å². The van der Waals surface area contributed by atoms with Gasteiger partial charge in [-0.25, -0.2) is 0 Å². The molecule has 2 amide bonds. The molecule has 5 nitrogen and oxygen atoms in total. The molecule has 2 aliphatic heterocycles. The summed E-state index contributed by atoms with van der Waals surface area (Å²) in [5, 5.41) is 0.738. The zero-order chi connectivity index (χ0) is 17.3. The molecule has 0 spiro atoms. The number of anilines is 1. The van der Waals surface area contributed by atoms with E-state index in [1.54, 1.807) is 0 Å². The molecule has 24 heavy (non-hydrogen) atoms. The molecule has 2 heterocycles. The van der Waals surface area contributed by atoms with E-state index in [1.807, 2.05) is 32.0 Å². The molecule has 1 aromatic rings. The van der Waals surface area contributed by atoms with E-state index in [2.05, 4.69) is 15.9 Å². The zero-order valence-electron chi connectivity index (χ0n) is 14.3. The lowest BCUT2D eigenvalue weighted by atomic mass is 9.86. The van der Waals surface area contributed by atoms with Crippen LogP contribution in [-0.2, 0) is 9.59 Å². The molecule has 0 aliphatic carbocycles. The second-order valence-electron chi connectivity index (χ2n) is 6.94. The second-order valence-corrected chi connectivity index (χ2v) is 7.38. The SMILES string of the molecule is CCC1(C)CC(=O)N(CN2CCN(c3cccc(Cl)c3)CC2)C1=O. The molecule has 1 aromatic carbocycles. The Morgan fingerprint density at radius 2 is 1.88 bits per heavy atom. The highest BCUT2D eigenvalue weighted by Crippen LogP contribution is 2.35. The van der Waals surface area contributed by atoms with Crippen molar-refractivity contribution >= 4 is 29.1 Å². The van der Waals surface area contributed by atoms with Gasteiger partial charge in [0.1, 0.15) is 0 Å². The van der Waals surface area contributed by atoms with Crippen molar-refractivity contribution in [2.75, 3.05) is 37.7 Å². The number of nitrogens with zero attached hydrogens (tertiary/aromatic N) is 3. The number of imide groups is 1. The van der Waals surface area contributed by atoms with Crippen LogP contribution < -0.4 is 4.90 Å². The minimum atomic E-state index is -0.514. The Hall–Kier alpha value is -1.59. The molecule has 2 fully saturated rings. The quantitative estimate of drug-likeness (QED) is 0.784. The predicted octanol–water partition coefficient (Wildman–Crippen LogP) is 2.59. The maximum Gasteiger partial charge on any atom is 0.236 e. The Labute approximate surface area is 148 Å². The fourth-order valence-electron chi connectivity index (χ4n) is 3.38. The van der Waals surface area contributed by atoms with E-state index in [9.17, 15) is 9.59 Å². The van der Waals surface area contributed by atoms with Crippen LogP contribution >= 0.6 is 11.6 Å². The van der Waals surface area contributed by atoms with Crippen LogP contribution in [0.15, 0.2) is 24.3 Å². The number of carbonyl (C=O) groups excluding carboxylic acids is 2. The molecule has 3 rings (SSSR count). The minimum absolute atomic E-state index is 0.0210. The van der Waals surface area contributed by atoms with E-state index < -0.39 is 5.41 Å². The van der Waals surface area contributed by atoms with E-state index in [0.29, 0.717) is 19.5 Å². The highest BCUT2D eigenvalue weighted by Gasteiger charge is 2.47. The highest BCUT2D eigenvalue weighted by atomic mass is 35.5. The fourth-order valence-corrected chi connectivity index (χ4v) is 3.57. The van der Waals surface area contributed by atoms with Crippen molar-refractivity contribution in [3.63, 3.8) is 0 Å². The zero-order valence-corrected chi connectivity index (χ0v) is 15.1. The molecule has 1 atom stereocenters. The average Bonchev–Trinajstić information content (AvgIpc) is 2.79. The third kappa shape index (κ3) is 3.28. The summed E-state index contributed by atoms with van der Waals surface area (Å²) in [4.78, 5) is 30.6. The van der Waals surface area contributed by atoms with Crippen molar-refractivity contribution in [2.24, 2.45) is 5.41 Å². The smallest absolute Gasteiger partial charge is 0.236 e. The first kappa shape index (κ1) is 17.2. The number of rotatable bonds is 4. The Bertz CT molecular complexity index is 643. The summed E-state index contributed by atoms with van der Waals surface area (Å²) in [6, 6.07) is 7.85. The number of hydrogen-bond acceptors (Lipinski definition) is 4. The van der Waals surface area contributed by atoms with Gasteiger partial charge < -0.3 is 4.90 Å². The first-order valence-electron chi connectivity index (χ1n) is 8.50. The average molecular weight is 350 g/mol. The molecular formula is C18H24ClN3O2. The highest BCUT2D eigenvalue weighted by molar-refractivity contribution is 6.30. The van der Waals surface area contributed by atoms with Crippen LogP contribution in [0.4, 0.5) is 5.69 Å². The first-order valence-corrected chi connectivity index (χ1v) is 8.88. The summed E-state index contributed by atoms with van der Waals surface area (Å²) < 4.78 is 0. The van der Waals surface area contributed by atoms with Crippen molar-refractivity contribution in [3.8, 4) is 0 Å². The van der Waals surface area contributed by atoms with Crippen molar-refractivity contribution in [3.05, 3.63) is 29.3 Å². The van der Waals surface area contributed by atoms with E-state index in [4.69, 9.17) is 11.6 Å². The molecule has 0 aromatic heterocycles. The molecule has 0 bridgehead atoms. The van der Waals surface area contributed by atoms with Gasteiger partial charge in [-0.15, -0.1) is 0 Å². The standard InChI is InChI=1S/C18H24ClN3O2/c1-3-18(2)12-16(23)22(17(18)24)13-20-7-9-21(10-8-20)15-6-4-5-14(19)11-15/h4-6,11H,3,7-10,12-13H2,1-2H3. The second kappa shape index (κ2) is 6.73. The van der Waals surface area contributed by atoms with Crippen LogP contribution in [0, 0.1) is 5.41 Å². The monoisotopic (exact) mass is 349 g/mol. The number of hydrogen-bond donors (Lipinski definition) is 0.